The van der Waals surface area contributed by atoms with E-state index < -0.39 is 35.0 Å². The zero-order chi connectivity index (χ0) is 16.2. The summed E-state index contributed by atoms with van der Waals surface area (Å²) in [5.41, 5.74) is 5.73. The lowest BCUT2D eigenvalue weighted by Crippen LogP contribution is -2.36. The molecule has 0 radical (unpaired) electrons. The largest absolute Gasteiger partial charge is 0.480 e. The molecule has 0 spiro atoms. The highest BCUT2D eigenvalue weighted by atomic mass is 32.2. The third kappa shape index (κ3) is 3.81. The minimum absolute atomic E-state index is 0.0482. The molecular formula is C13H14N2O5S. The molecule has 1 amide bonds. The fraction of sp³-hybridized carbons (Fsp3) is 0.231. The third-order valence-electron chi connectivity index (χ3n) is 2.69. The molecule has 1 aromatic carbocycles. The second-order valence-corrected chi connectivity index (χ2v) is 6.15. The van der Waals surface area contributed by atoms with Crippen molar-refractivity contribution in [2.24, 2.45) is 5.73 Å². The summed E-state index contributed by atoms with van der Waals surface area (Å²) in [7, 11) is -4.13. The van der Waals surface area contributed by atoms with Gasteiger partial charge in [0.15, 0.2) is 0 Å². The van der Waals surface area contributed by atoms with Crippen LogP contribution in [0.2, 0.25) is 0 Å². The van der Waals surface area contributed by atoms with Crippen LogP contribution < -0.4 is 5.73 Å². The summed E-state index contributed by atoms with van der Waals surface area (Å²) in [5.74, 6) is -0.0194. The number of carbonyl (C=O) groups is 2. The van der Waals surface area contributed by atoms with E-state index in [0.29, 0.717) is 9.87 Å². The quantitative estimate of drug-likeness (QED) is 0.706. The number of nitrogens with two attached hydrogens (primary N) is 1. The highest BCUT2D eigenvalue weighted by molar-refractivity contribution is 7.89. The Morgan fingerprint density at radius 1 is 1.43 bits per heavy atom. The zero-order valence-electron chi connectivity index (χ0n) is 11.2. The number of hydrogen-bond acceptors (Lipinski definition) is 4. The Kier molecular flexibility index (Phi) is 5.07. The number of amides is 1. The SMILES string of the molecule is C#CCN(CC(=O)O)S(=O)(=O)c1ccc(C)c(C(N)=O)c1. The van der Waals surface area contributed by atoms with Crippen LogP contribution in [0.3, 0.4) is 0 Å². The summed E-state index contributed by atoms with van der Waals surface area (Å²) < 4.78 is 25.3. The number of terminal acetylenes is 1. The van der Waals surface area contributed by atoms with E-state index in [1.807, 2.05) is 0 Å². The van der Waals surface area contributed by atoms with Crippen LogP contribution in [0.15, 0.2) is 23.1 Å². The lowest BCUT2D eigenvalue weighted by molar-refractivity contribution is -0.137. The van der Waals surface area contributed by atoms with Crippen molar-refractivity contribution in [2.45, 2.75) is 11.8 Å². The Labute approximate surface area is 122 Å². The van der Waals surface area contributed by atoms with Crippen molar-refractivity contribution in [1.82, 2.24) is 4.31 Å². The highest BCUT2D eigenvalue weighted by Gasteiger charge is 2.26. The van der Waals surface area contributed by atoms with Gasteiger partial charge in [0.2, 0.25) is 15.9 Å². The van der Waals surface area contributed by atoms with E-state index in [4.69, 9.17) is 17.3 Å². The fourth-order valence-electron chi connectivity index (χ4n) is 1.65. The molecular weight excluding hydrogens is 296 g/mol. The highest BCUT2D eigenvalue weighted by Crippen LogP contribution is 2.19. The van der Waals surface area contributed by atoms with Crippen LogP contribution in [0.25, 0.3) is 0 Å². The van der Waals surface area contributed by atoms with E-state index in [2.05, 4.69) is 5.92 Å². The molecule has 1 rings (SSSR count). The average molecular weight is 310 g/mol. The van der Waals surface area contributed by atoms with Crippen molar-refractivity contribution >= 4 is 21.9 Å². The van der Waals surface area contributed by atoms with Crippen molar-refractivity contribution in [3.63, 3.8) is 0 Å². The molecule has 112 valence electrons. The standard InChI is InChI=1S/C13H14N2O5S/c1-3-6-15(8-12(16)17)21(19,20)10-5-4-9(2)11(7-10)13(14)18/h1,4-5,7H,6,8H2,2H3,(H2,14,18)(H,16,17). The first-order valence-corrected chi connectivity index (χ1v) is 7.20. The van der Waals surface area contributed by atoms with Crippen LogP contribution in [0.4, 0.5) is 0 Å². The van der Waals surface area contributed by atoms with Gasteiger partial charge in [-0.15, -0.1) is 6.42 Å². The van der Waals surface area contributed by atoms with E-state index in [-0.39, 0.29) is 10.5 Å². The Morgan fingerprint density at radius 2 is 2.05 bits per heavy atom. The molecule has 0 heterocycles. The normalized spacial score (nSPS) is 11.1. The molecule has 3 N–H and O–H groups in total. The van der Waals surface area contributed by atoms with Gasteiger partial charge in [0, 0.05) is 5.56 Å². The molecule has 0 atom stereocenters. The first-order valence-electron chi connectivity index (χ1n) is 5.76. The minimum atomic E-state index is -4.13. The molecule has 0 aliphatic rings. The molecule has 0 saturated heterocycles. The molecule has 0 saturated carbocycles. The molecule has 0 bridgehead atoms. The zero-order valence-corrected chi connectivity index (χ0v) is 12.1. The number of rotatable bonds is 6. The number of aliphatic carboxylic acids is 1. The van der Waals surface area contributed by atoms with Gasteiger partial charge in [0.1, 0.15) is 6.54 Å². The molecule has 8 heteroatoms. The summed E-state index contributed by atoms with van der Waals surface area (Å²) in [6.45, 7) is 0.438. The third-order valence-corrected chi connectivity index (χ3v) is 4.48. The first kappa shape index (κ1) is 16.7. The maximum Gasteiger partial charge on any atom is 0.318 e. The molecule has 0 aliphatic carbocycles. The van der Waals surface area contributed by atoms with E-state index >= 15 is 0 Å². The van der Waals surface area contributed by atoms with Crippen molar-refractivity contribution in [3.05, 3.63) is 29.3 Å². The number of primary amides is 1. The van der Waals surface area contributed by atoms with Gasteiger partial charge in [0.05, 0.1) is 11.4 Å². The summed E-state index contributed by atoms with van der Waals surface area (Å²) in [6, 6.07) is 3.79. The summed E-state index contributed by atoms with van der Waals surface area (Å²) in [4.78, 5) is 21.8. The number of sulfonamides is 1. The molecule has 1 aromatic rings. The maximum absolute atomic E-state index is 12.4. The Morgan fingerprint density at radius 3 is 2.52 bits per heavy atom. The van der Waals surface area contributed by atoms with Gasteiger partial charge in [-0.2, -0.15) is 4.31 Å². The Hall–Kier alpha value is -2.37. The van der Waals surface area contributed by atoms with Crippen LogP contribution in [-0.2, 0) is 14.8 Å². The van der Waals surface area contributed by atoms with Crippen LogP contribution in [0.5, 0.6) is 0 Å². The van der Waals surface area contributed by atoms with Gasteiger partial charge in [-0.05, 0) is 24.6 Å². The van der Waals surface area contributed by atoms with Crippen LogP contribution in [0, 0.1) is 19.3 Å². The Bertz CT molecular complexity index is 719. The van der Waals surface area contributed by atoms with Gasteiger partial charge >= 0.3 is 5.97 Å². The topological polar surface area (TPSA) is 118 Å². The number of carbonyl (C=O) groups excluding carboxylic acids is 1. The van der Waals surface area contributed by atoms with Gasteiger partial charge in [-0.1, -0.05) is 12.0 Å². The number of hydrogen-bond donors (Lipinski definition) is 2. The summed E-state index contributed by atoms with van der Waals surface area (Å²) in [5, 5.41) is 8.76. The second kappa shape index (κ2) is 6.39. The van der Waals surface area contributed by atoms with Crippen LogP contribution in [-0.4, -0.2) is 42.8 Å². The first-order chi connectivity index (χ1) is 9.70. The van der Waals surface area contributed by atoms with Crippen molar-refractivity contribution < 1.29 is 23.1 Å². The summed E-state index contributed by atoms with van der Waals surface area (Å²) in [6.07, 6.45) is 5.06. The van der Waals surface area contributed by atoms with Crippen LogP contribution >= 0.6 is 0 Å². The number of benzene rings is 1. The monoisotopic (exact) mass is 310 g/mol. The minimum Gasteiger partial charge on any atom is -0.480 e. The van der Waals surface area contributed by atoms with Crippen molar-refractivity contribution in [2.75, 3.05) is 13.1 Å². The molecule has 0 aliphatic heterocycles. The number of aryl methyl sites for hydroxylation is 1. The molecule has 0 aromatic heterocycles. The fourth-order valence-corrected chi connectivity index (χ4v) is 2.98. The lowest BCUT2D eigenvalue weighted by Gasteiger charge is -2.18. The lowest BCUT2D eigenvalue weighted by atomic mass is 10.1. The Balaban J connectivity index is 3.35. The predicted molar refractivity (Wildman–Crippen MR) is 74.9 cm³/mol. The maximum atomic E-state index is 12.4. The number of carboxylic acid groups (broad SMARTS) is 1. The molecule has 0 fully saturated rings. The van der Waals surface area contributed by atoms with Gasteiger partial charge in [0.25, 0.3) is 0 Å². The molecule has 0 unspecified atom stereocenters. The predicted octanol–water partition coefficient (Wildman–Crippen LogP) is -0.198. The van der Waals surface area contributed by atoms with E-state index in [9.17, 15) is 18.0 Å². The smallest absolute Gasteiger partial charge is 0.318 e. The number of carboxylic acids is 1. The van der Waals surface area contributed by atoms with Crippen molar-refractivity contribution in [1.29, 1.82) is 0 Å². The van der Waals surface area contributed by atoms with Gasteiger partial charge in [-0.3, -0.25) is 9.59 Å². The average Bonchev–Trinajstić information content (AvgIpc) is 2.37. The second-order valence-electron chi connectivity index (χ2n) is 4.21. The van der Waals surface area contributed by atoms with E-state index in [1.54, 1.807) is 6.92 Å². The van der Waals surface area contributed by atoms with Crippen LogP contribution in [0.1, 0.15) is 15.9 Å². The molecule has 21 heavy (non-hydrogen) atoms. The molecule has 7 nitrogen and oxygen atoms in total. The summed E-state index contributed by atoms with van der Waals surface area (Å²) >= 11 is 0. The van der Waals surface area contributed by atoms with E-state index in [0.717, 1.165) is 6.07 Å². The van der Waals surface area contributed by atoms with Crippen molar-refractivity contribution in [3.8, 4) is 12.3 Å². The van der Waals surface area contributed by atoms with Gasteiger partial charge in [-0.25, -0.2) is 8.42 Å². The van der Waals surface area contributed by atoms with Gasteiger partial charge < -0.3 is 10.8 Å². The van der Waals surface area contributed by atoms with E-state index in [1.165, 1.54) is 12.1 Å². The number of nitrogens with zero attached hydrogens (tertiary/aromatic N) is 1.